The maximum Gasteiger partial charge on any atom is 0.248 e. The van der Waals surface area contributed by atoms with Gasteiger partial charge >= 0.3 is 0 Å². The minimum Gasteiger partial charge on any atom is -0.352 e. The van der Waals surface area contributed by atoms with Crippen LogP contribution in [-0.2, 0) is 21.4 Å². The van der Waals surface area contributed by atoms with Crippen molar-refractivity contribution in [3.05, 3.63) is 76.1 Å². The van der Waals surface area contributed by atoms with E-state index in [9.17, 15) is 18.0 Å². The van der Waals surface area contributed by atoms with Crippen molar-refractivity contribution in [1.82, 2.24) is 14.6 Å². The minimum absolute atomic E-state index is 0.128. The number of hydrogen-bond acceptors (Lipinski definition) is 4. The number of hydrogen-bond donors (Lipinski definition) is 2. The summed E-state index contributed by atoms with van der Waals surface area (Å²) < 4.78 is 27.8. The van der Waals surface area contributed by atoms with Crippen molar-refractivity contribution < 1.29 is 13.2 Å². The van der Waals surface area contributed by atoms with Crippen LogP contribution in [0.3, 0.4) is 0 Å². The average molecular weight is 440 g/mol. The number of amides is 1. The van der Waals surface area contributed by atoms with Gasteiger partial charge in [0.15, 0.2) is 0 Å². The Hall–Kier alpha value is -2.97. The summed E-state index contributed by atoms with van der Waals surface area (Å²) in [6.07, 6.45) is 1.29. The number of aryl methyl sites for hydroxylation is 1. The normalized spacial score (nSPS) is 17.5. The van der Waals surface area contributed by atoms with Crippen molar-refractivity contribution in [3.63, 3.8) is 0 Å². The van der Waals surface area contributed by atoms with Crippen LogP contribution in [0.25, 0.3) is 10.9 Å². The van der Waals surface area contributed by atoms with Gasteiger partial charge in [0.25, 0.3) is 0 Å². The Kier molecular flexibility index (Phi) is 5.93. The van der Waals surface area contributed by atoms with Crippen molar-refractivity contribution in [2.45, 2.75) is 31.2 Å². The molecule has 8 heteroatoms. The van der Waals surface area contributed by atoms with E-state index in [1.807, 2.05) is 31.2 Å². The molecule has 31 heavy (non-hydrogen) atoms. The van der Waals surface area contributed by atoms with E-state index in [2.05, 4.69) is 10.3 Å². The van der Waals surface area contributed by atoms with Gasteiger partial charge in [0.05, 0.1) is 10.8 Å². The van der Waals surface area contributed by atoms with Crippen molar-refractivity contribution in [3.8, 4) is 0 Å². The zero-order valence-corrected chi connectivity index (χ0v) is 18.1. The smallest absolute Gasteiger partial charge is 0.248 e. The van der Waals surface area contributed by atoms with E-state index in [0.29, 0.717) is 36.8 Å². The number of pyridine rings is 1. The van der Waals surface area contributed by atoms with E-state index in [1.54, 1.807) is 18.2 Å². The second kappa shape index (κ2) is 8.64. The number of sulfonamides is 1. The number of nitrogens with one attached hydrogen (secondary N) is 2. The molecule has 2 heterocycles. The maximum atomic E-state index is 13.2. The lowest BCUT2D eigenvalue weighted by Gasteiger charge is -2.31. The number of fused-ring (bicyclic) bond motifs is 1. The van der Waals surface area contributed by atoms with Crippen LogP contribution in [0.1, 0.15) is 24.0 Å². The van der Waals surface area contributed by atoms with Gasteiger partial charge in [0, 0.05) is 31.2 Å². The maximum absolute atomic E-state index is 13.2. The second-order valence-electron chi connectivity index (χ2n) is 7.98. The minimum atomic E-state index is -3.74. The van der Waals surface area contributed by atoms with Crippen LogP contribution in [0, 0.1) is 12.8 Å². The molecule has 0 bridgehead atoms. The molecule has 2 N–H and O–H groups in total. The van der Waals surface area contributed by atoms with Crippen molar-refractivity contribution >= 4 is 26.8 Å². The van der Waals surface area contributed by atoms with Gasteiger partial charge in [-0.1, -0.05) is 29.8 Å². The third-order valence-electron chi connectivity index (χ3n) is 5.68. The van der Waals surface area contributed by atoms with Crippen LogP contribution in [-0.4, -0.2) is 36.7 Å². The SMILES string of the molecule is Cc1ccc(CNC(=O)C2CCCN(S(=O)(=O)c3ccc4[nH]c(=O)ccc4c3)C2)cc1. The van der Waals surface area contributed by atoms with E-state index in [1.165, 1.54) is 16.4 Å². The summed E-state index contributed by atoms with van der Waals surface area (Å²) in [5, 5.41) is 3.58. The standard InChI is InChI=1S/C23H25N3O4S/c1-16-4-6-17(7-5-16)14-24-23(28)19-3-2-12-26(15-19)31(29,30)20-9-10-21-18(13-20)8-11-22(27)25-21/h4-11,13,19H,2-3,12,14-15H2,1H3,(H,24,28)(H,25,27). The molecule has 1 fully saturated rings. The first-order valence-electron chi connectivity index (χ1n) is 10.3. The molecule has 7 nitrogen and oxygen atoms in total. The van der Waals surface area contributed by atoms with Gasteiger partial charge in [-0.3, -0.25) is 9.59 Å². The number of rotatable bonds is 5. The third kappa shape index (κ3) is 4.70. The molecular formula is C23H25N3O4S. The van der Waals surface area contributed by atoms with Gasteiger partial charge in [0.2, 0.25) is 21.5 Å². The predicted molar refractivity (Wildman–Crippen MR) is 119 cm³/mol. The fraction of sp³-hybridized carbons (Fsp3) is 0.304. The summed E-state index contributed by atoms with van der Waals surface area (Å²) in [4.78, 5) is 27.0. The second-order valence-corrected chi connectivity index (χ2v) is 9.92. The lowest BCUT2D eigenvalue weighted by Crippen LogP contribution is -2.45. The largest absolute Gasteiger partial charge is 0.352 e. The number of carbonyl (C=O) groups excluding carboxylic acids is 1. The molecule has 0 radical (unpaired) electrons. The fourth-order valence-corrected chi connectivity index (χ4v) is 5.42. The summed E-state index contributed by atoms with van der Waals surface area (Å²) in [6.45, 7) is 2.97. The summed E-state index contributed by atoms with van der Waals surface area (Å²) in [7, 11) is -3.74. The van der Waals surface area contributed by atoms with Crippen molar-refractivity contribution in [2.24, 2.45) is 5.92 Å². The molecule has 1 amide bonds. The molecule has 0 spiro atoms. The first-order valence-corrected chi connectivity index (χ1v) is 11.7. The Balaban J connectivity index is 1.46. The molecule has 0 saturated carbocycles. The molecule has 0 aliphatic carbocycles. The van der Waals surface area contributed by atoms with Gasteiger partial charge < -0.3 is 10.3 Å². The van der Waals surface area contributed by atoms with Gasteiger partial charge in [-0.25, -0.2) is 8.42 Å². The van der Waals surface area contributed by atoms with Crippen molar-refractivity contribution in [2.75, 3.05) is 13.1 Å². The van der Waals surface area contributed by atoms with Crippen LogP contribution < -0.4 is 10.9 Å². The molecular weight excluding hydrogens is 414 g/mol. The molecule has 3 aromatic rings. The highest BCUT2D eigenvalue weighted by Crippen LogP contribution is 2.25. The Morgan fingerprint density at radius 3 is 2.68 bits per heavy atom. The van der Waals surface area contributed by atoms with Crippen LogP contribution >= 0.6 is 0 Å². The quantitative estimate of drug-likeness (QED) is 0.638. The number of nitrogens with zero attached hydrogens (tertiary/aromatic N) is 1. The zero-order valence-electron chi connectivity index (χ0n) is 17.3. The third-order valence-corrected chi connectivity index (χ3v) is 7.54. The highest BCUT2D eigenvalue weighted by molar-refractivity contribution is 7.89. The predicted octanol–water partition coefficient (Wildman–Crippen LogP) is 2.55. The number of carbonyl (C=O) groups is 1. The Morgan fingerprint density at radius 2 is 1.90 bits per heavy atom. The van der Waals surface area contributed by atoms with Crippen LogP contribution in [0.4, 0.5) is 0 Å². The van der Waals surface area contributed by atoms with Crippen LogP contribution in [0.15, 0.2) is 64.3 Å². The monoisotopic (exact) mass is 439 g/mol. The van der Waals surface area contributed by atoms with Gasteiger partial charge in [-0.15, -0.1) is 0 Å². The molecule has 1 aliphatic heterocycles. The van der Waals surface area contributed by atoms with E-state index in [-0.39, 0.29) is 28.8 Å². The highest BCUT2D eigenvalue weighted by Gasteiger charge is 2.33. The van der Waals surface area contributed by atoms with E-state index in [4.69, 9.17) is 0 Å². The molecule has 4 rings (SSSR count). The molecule has 1 aromatic heterocycles. The van der Waals surface area contributed by atoms with Gasteiger partial charge in [-0.2, -0.15) is 4.31 Å². The number of aromatic amines is 1. The summed E-state index contributed by atoms with van der Waals surface area (Å²) in [5.74, 6) is -0.512. The summed E-state index contributed by atoms with van der Waals surface area (Å²) in [6, 6.07) is 15.6. The Bertz CT molecular complexity index is 1270. The Morgan fingerprint density at radius 1 is 1.13 bits per heavy atom. The van der Waals surface area contributed by atoms with E-state index in [0.717, 1.165) is 11.1 Å². The Labute approximate surface area is 181 Å². The first-order chi connectivity index (χ1) is 14.8. The number of aromatic nitrogens is 1. The molecule has 1 aliphatic rings. The topological polar surface area (TPSA) is 99.3 Å². The lowest BCUT2D eigenvalue weighted by molar-refractivity contribution is -0.126. The average Bonchev–Trinajstić information content (AvgIpc) is 2.78. The zero-order chi connectivity index (χ0) is 22.0. The van der Waals surface area contributed by atoms with E-state index < -0.39 is 10.0 Å². The summed E-state index contributed by atoms with van der Waals surface area (Å²) in [5.41, 5.74) is 2.51. The van der Waals surface area contributed by atoms with Crippen LogP contribution in [0.2, 0.25) is 0 Å². The van der Waals surface area contributed by atoms with Gasteiger partial charge in [-0.05, 0) is 55.0 Å². The number of H-pyrrole nitrogens is 1. The molecule has 1 saturated heterocycles. The first kappa shape index (κ1) is 21.3. The lowest BCUT2D eigenvalue weighted by atomic mass is 9.98. The molecule has 2 aromatic carbocycles. The molecule has 1 unspecified atom stereocenters. The van der Waals surface area contributed by atoms with Crippen LogP contribution in [0.5, 0.6) is 0 Å². The number of piperidine rings is 1. The molecule has 162 valence electrons. The highest BCUT2D eigenvalue weighted by atomic mass is 32.2. The van der Waals surface area contributed by atoms with E-state index >= 15 is 0 Å². The molecule has 1 atom stereocenters. The van der Waals surface area contributed by atoms with Crippen molar-refractivity contribution in [1.29, 1.82) is 0 Å². The fourth-order valence-electron chi connectivity index (χ4n) is 3.86. The van der Waals surface area contributed by atoms with Gasteiger partial charge in [0.1, 0.15) is 0 Å². The summed E-state index contributed by atoms with van der Waals surface area (Å²) >= 11 is 0. The number of benzene rings is 2.